The molecule has 0 aromatic carbocycles. The number of carboxylic acids is 1. The highest BCUT2D eigenvalue weighted by molar-refractivity contribution is 5.69. The van der Waals surface area contributed by atoms with Crippen LogP contribution in [-0.4, -0.2) is 40.6 Å². The molecular weight excluding hydrogens is 242 g/mol. The third-order valence-electron chi connectivity index (χ3n) is 2.90. The Morgan fingerprint density at radius 3 is 2.68 bits per heavy atom. The quantitative estimate of drug-likeness (QED) is 0.626. The van der Waals surface area contributed by atoms with Crippen molar-refractivity contribution >= 4 is 5.97 Å². The third-order valence-corrected chi connectivity index (χ3v) is 2.90. The molecule has 0 aliphatic heterocycles. The van der Waals surface area contributed by atoms with E-state index in [-0.39, 0.29) is 6.54 Å². The molecule has 5 nitrogen and oxygen atoms in total. The molecule has 0 atom stereocenters. The van der Waals surface area contributed by atoms with Crippen LogP contribution in [0.2, 0.25) is 0 Å². The number of nitrogens with zero attached hydrogens (tertiary/aromatic N) is 2. The molecule has 0 unspecified atom stereocenters. The van der Waals surface area contributed by atoms with E-state index in [1.807, 2.05) is 23.1 Å². The number of rotatable bonds is 10. The number of pyridine rings is 1. The van der Waals surface area contributed by atoms with E-state index in [9.17, 15) is 4.79 Å². The molecule has 0 bridgehead atoms. The predicted octanol–water partition coefficient (Wildman–Crippen LogP) is 1.49. The van der Waals surface area contributed by atoms with Gasteiger partial charge in [-0.25, -0.2) is 0 Å². The maximum atomic E-state index is 10.9. The zero-order chi connectivity index (χ0) is 13.9. The molecule has 0 radical (unpaired) electrons. The minimum atomic E-state index is -0.794. The molecule has 0 amide bonds. The Labute approximate surface area is 114 Å². The van der Waals surface area contributed by atoms with E-state index in [1.165, 1.54) is 0 Å². The van der Waals surface area contributed by atoms with Crippen molar-refractivity contribution < 1.29 is 9.90 Å². The lowest BCUT2D eigenvalue weighted by molar-refractivity contribution is -0.138. The first-order chi connectivity index (χ1) is 9.22. The molecular formula is C14H23N3O2. The van der Waals surface area contributed by atoms with Crippen molar-refractivity contribution in [2.45, 2.75) is 32.2 Å². The fourth-order valence-electron chi connectivity index (χ4n) is 1.96. The number of unbranched alkanes of at least 4 members (excludes halogenated alkanes) is 3. The van der Waals surface area contributed by atoms with Gasteiger partial charge in [-0.2, -0.15) is 0 Å². The van der Waals surface area contributed by atoms with Crippen molar-refractivity contribution in [1.82, 2.24) is 9.88 Å². The zero-order valence-corrected chi connectivity index (χ0v) is 11.3. The van der Waals surface area contributed by atoms with E-state index in [1.54, 1.807) is 6.20 Å². The second-order valence-electron chi connectivity index (χ2n) is 4.63. The topological polar surface area (TPSA) is 79.5 Å². The summed E-state index contributed by atoms with van der Waals surface area (Å²) in [5.41, 5.74) is 6.35. The fourth-order valence-corrected chi connectivity index (χ4v) is 1.96. The van der Waals surface area contributed by atoms with E-state index >= 15 is 0 Å². The number of hydrogen-bond donors (Lipinski definition) is 2. The zero-order valence-electron chi connectivity index (χ0n) is 11.3. The highest BCUT2D eigenvalue weighted by Crippen LogP contribution is 2.05. The number of aromatic nitrogens is 1. The van der Waals surface area contributed by atoms with Gasteiger partial charge in [-0.15, -0.1) is 0 Å². The number of carboxylic acid groups (broad SMARTS) is 1. The van der Waals surface area contributed by atoms with E-state index in [0.717, 1.165) is 44.5 Å². The van der Waals surface area contributed by atoms with Crippen molar-refractivity contribution in [1.29, 1.82) is 0 Å². The maximum Gasteiger partial charge on any atom is 0.317 e. The Morgan fingerprint density at radius 1 is 1.26 bits per heavy atom. The second-order valence-corrected chi connectivity index (χ2v) is 4.63. The summed E-state index contributed by atoms with van der Waals surface area (Å²) in [5, 5.41) is 8.92. The summed E-state index contributed by atoms with van der Waals surface area (Å²) in [5.74, 6) is -0.794. The molecule has 0 fully saturated rings. The van der Waals surface area contributed by atoms with Gasteiger partial charge >= 0.3 is 5.97 Å². The summed E-state index contributed by atoms with van der Waals surface area (Å²) in [4.78, 5) is 17.0. The molecule has 1 aromatic heterocycles. The van der Waals surface area contributed by atoms with Gasteiger partial charge in [-0.3, -0.25) is 14.7 Å². The molecule has 5 heteroatoms. The average Bonchev–Trinajstić information content (AvgIpc) is 2.39. The number of carbonyl (C=O) groups is 1. The number of nitrogens with two attached hydrogens (primary N) is 1. The first-order valence-corrected chi connectivity index (χ1v) is 6.76. The molecule has 3 N–H and O–H groups in total. The van der Waals surface area contributed by atoms with Crippen LogP contribution >= 0.6 is 0 Å². The minimum Gasteiger partial charge on any atom is -0.480 e. The van der Waals surface area contributed by atoms with Crippen LogP contribution in [0.5, 0.6) is 0 Å². The first kappa shape index (κ1) is 15.6. The molecule has 0 spiro atoms. The molecule has 0 aliphatic rings. The summed E-state index contributed by atoms with van der Waals surface area (Å²) in [6, 6.07) is 5.70. The summed E-state index contributed by atoms with van der Waals surface area (Å²) in [6.07, 6.45) is 5.98. The highest BCUT2D eigenvalue weighted by Gasteiger charge is 2.10. The Hall–Kier alpha value is -1.46. The van der Waals surface area contributed by atoms with Crippen molar-refractivity contribution in [3.05, 3.63) is 30.1 Å². The van der Waals surface area contributed by atoms with Gasteiger partial charge < -0.3 is 10.8 Å². The van der Waals surface area contributed by atoms with Gasteiger partial charge in [0.15, 0.2) is 0 Å². The molecule has 106 valence electrons. The van der Waals surface area contributed by atoms with Crippen LogP contribution in [0.4, 0.5) is 0 Å². The van der Waals surface area contributed by atoms with Crippen molar-refractivity contribution in [3.8, 4) is 0 Å². The predicted molar refractivity (Wildman–Crippen MR) is 74.7 cm³/mol. The van der Waals surface area contributed by atoms with Crippen LogP contribution < -0.4 is 5.73 Å². The van der Waals surface area contributed by atoms with Crippen LogP contribution in [-0.2, 0) is 11.3 Å². The molecule has 1 aromatic rings. The summed E-state index contributed by atoms with van der Waals surface area (Å²) in [7, 11) is 0. The standard InChI is InChI=1S/C14H23N3O2/c15-8-4-1-2-6-10-17(12-14(18)19)11-13-7-3-5-9-16-13/h3,5,7,9H,1-2,4,6,8,10-12,15H2,(H,18,19). The van der Waals surface area contributed by atoms with Crippen LogP contribution in [0.3, 0.4) is 0 Å². The van der Waals surface area contributed by atoms with Crippen LogP contribution in [0.15, 0.2) is 24.4 Å². The maximum absolute atomic E-state index is 10.9. The van der Waals surface area contributed by atoms with Crippen LogP contribution in [0.1, 0.15) is 31.4 Å². The van der Waals surface area contributed by atoms with Gasteiger partial charge in [-0.05, 0) is 38.1 Å². The molecule has 19 heavy (non-hydrogen) atoms. The lowest BCUT2D eigenvalue weighted by atomic mass is 10.2. The molecule has 0 saturated heterocycles. The Balaban J connectivity index is 2.36. The third kappa shape index (κ3) is 7.54. The fraction of sp³-hybridized carbons (Fsp3) is 0.571. The lowest BCUT2D eigenvalue weighted by Gasteiger charge is -2.19. The normalized spacial score (nSPS) is 10.8. The van der Waals surface area contributed by atoms with Crippen molar-refractivity contribution in [3.63, 3.8) is 0 Å². The van der Waals surface area contributed by atoms with Crippen molar-refractivity contribution in [2.24, 2.45) is 5.73 Å². The summed E-state index contributed by atoms with van der Waals surface area (Å²) < 4.78 is 0. The highest BCUT2D eigenvalue weighted by atomic mass is 16.4. The van der Waals surface area contributed by atoms with Gasteiger partial charge in [0.05, 0.1) is 12.2 Å². The van der Waals surface area contributed by atoms with E-state index in [0.29, 0.717) is 6.54 Å². The van der Waals surface area contributed by atoms with Crippen LogP contribution in [0.25, 0.3) is 0 Å². The Bertz CT molecular complexity index is 357. The first-order valence-electron chi connectivity index (χ1n) is 6.76. The molecule has 1 heterocycles. The summed E-state index contributed by atoms with van der Waals surface area (Å²) in [6.45, 7) is 2.16. The molecule has 1 rings (SSSR count). The summed E-state index contributed by atoms with van der Waals surface area (Å²) >= 11 is 0. The monoisotopic (exact) mass is 265 g/mol. The van der Waals surface area contributed by atoms with E-state index in [4.69, 9.17) is 10.8 Å². The Morgan fingerprint density at radius 2 is 2.05 bits per heavy atom. The smallest absolute Gasteiger partial charge is 0.317 e. The number of aliphatic carboxylic acids is 1. The van der Waals surface area contributed by atoms with E-state index < -0.39 is 5.97 Å². The van der Waals surface area contributed by atoms with E-state index in [2.05, 4.69) is 4.98 Å². The van der Waals surface area contributed by atoms with Gasteiger partial charge in [0, 0.05) is 12.7 Å². The second kappa shape index (κ2) is 9.47. The average molecular weight is 265 g/mol. The minimum absolute atomic E-state index is 0.0630. The Kier molecular flexibility index (Phi) is 7.77. The van der Waals surface area contributed by atoms with Crippen molar-refractivity contribution in [2.75, 3.05) is 19.6 Å². The van der Waals surface area contributed by atoms with Gasteiger partial charge in [0.1, 0.15) is 0 Å². The van der Waals surface area contributed by atoms with Gasteiger partial charge in [0.2, 0.25) is 0 Å². The van der Waals surface area contributed by atoms with Crippen LogP contribution in [0, 0.1) is 0 Å². The lowest BCUT2D eigenvalue weighted by Crippen LogP contribution is -2.30. The SMILES string of the molecule is NCCCCCCN(CC(=O)O)Cc1ccccn1. The van der Waals surface area contributed by atoms with Gasteiger partial charge in [-0.1, -0.05) is 18.9 Å². The van der Waals surface area contributed by atoms with Gasteiger partial charge in [0.25, 0.3) is 0 Å². The molecule has 0 saturated carbocycles. The molecule has 0 aliphatic carbocycles. The number of hydrogen-bond acceptors (Lipinski definition) is 4. The largest absolute Gasteiger partial charge is 0.480 e.